The van der Waals surface area contributed by atoms with Crippen LogP contribution in [0.2, 0.25) is 0 Å². The van der Waals surface area contributed by atoms with Crippen molar-refractivity contribution in [1.82, 2.24) is 9.55 Å². The van der Waals surface area contributed by atoms with Crippen molar-refractivity contribution in [2.24, 2.45) is 0 Å². The fourth-order valence-corrected chi connectivity index (χ4v) is 3.36. The van der Waals surface area contributed by atoms with Gasteiger partial charge in [0.15, 0.2) is 12.2 Å². The molecule has 2 heterocycles. The molecular weight excluding hydrogens is 314 g/mol. The number of benzene rings is 1. The van der Waals surface area contributed by atoms with E-state index in [1.54, 1.807) is 30.7 Å². The van der Waals surface area contributed by atoms with Crippen molar-refractivity contribution >= 4 is 15.7 Å². The van der Waals surface area contributed by atoms with Crippen molar-refractivity contribution < 1.29 is 12.8 Å². The molecule has 0 amide bonds. The number of rotatable bonds is 5. The predicted octanol–water partition coefficient (Wildman–Crippen LogP) is 3.27. The van der Waals surface area contributed by atoms with E-state index in [0.717, 1.165) is 17.7 Å². The Bertz CT molecular complexity index is 912. The summed E-state index contributed by atoms with van der Waals surface area (Å²) in [7, 11) is -3.63. The summed E-state index contributed by atoms with van der Waals surface area (Å²) < 4.78 is 34.7. The number of aryl methyl sites for hydroxylation is 2. The van der Waals surface area contributed by atoms with Crippen molar-refractivity contribution in [3.8, 4) is 11.3 Å². The Kier molecular flexibility index (Phi) is 3.96. The van der Waals surface area contributed by atoms with E-state index in [-0.39, 0.29) is 4.90 Å². The number of oxazole rings is 1. The molecule has 3 aromatic rings. The van der Waals surface area contributed by atoms with Crippen LogP contribution in [0.15, 0.2) is 58.6 Å². The average Bonchev–Trinajstić information content (AvgIpc) is 3.20. The first kappa shape index (κ1) is 15.4. The molecule has 0 bridgehead atoms. The van der Waals surface area contributed by atoms with Gasteiger partial charge in [-0.1, -0.05) is 12.1 Å². The summed E-state index contributed by atoms with van der Waals surface area (Å²) >= 11 is 0. The molecule has 0 fully saturated rings. The highest BCUT2D eigenvalue weighted by atomic mass is 32.2. The van der Waals surface area contributed by atoms with E-state index in [1.165, 1.54) is 6.39 Å². The smallest absolute Gasteiger partial charge is 0.263 e. The molecule has 0 aliphatic heterocycles. The van der Waals surface area contributed by atoms with Crippen molar-refractivity contribution in [3.05, 3.63) is 54.8 Å². The van der Waals surface area contributed by atoms with Crippen LogP contribution in [0.3, 0.4) is 0 Å². The predicted molar refractivity (Wildman–Crippen MR) is 87.6 cm³/mol. The third-order valence-corrected chi connectivity index (χ3v) is 4.95. The Morgan fingerprint density at radius 3 is 2.78 bits per heavy atom. The van der Waals surface area contributed by atoms with Gasteiger partial charge < -0.3 is 8.98 Å². The summed E-state index contributed by atoms with van der Waals surface area (Å²) in [4.78, 5) is 4.12. The van der Waals surface area contributed by atoms with Crippen molar-refractivity contribution in [1.29, 1.82) is 0 Å². The van der Waals surface area contributed by atoms with Crippen LogP contribution in [0.1, 0.15) is 12.5 Å². The summed E-state index contributed by atoms with van der Waals surface area (Å²) in [6, 6.07) is 7.03. The first-order valence-electron chi connectivity index (χ1n) is 7.17. The highest BCUT2D eigenvalue weighted by Crippen LogP contribution is 2.27. The Balaban J connectivity index is 1.94. The van der Waals surface area contributed by atoms with Gasteiger partial charge in [0, 0.05) is 24.5 Å². The second kappa shape index (κ2) is 5.92. The van der Waals surface area contributed by atoms with Crippen LogP contribution in [0, 0.1) is 6.92 Å². The van der Waals surface area contributed by atoms with Gasteiger partial charge in [-0.05, 0) is 31.5 Å². The lowest BCUT2D eigenvalue weighted by atomic mass is 10.1. The Hall–Kier alpha value is -2.54. The van der Waals surface area contributed by atoms with E-state index in [1.807, 2.05) is 30.5 Å². The van der Waals surface area contributed by atoms with E-state index < -0.39 is 10.0 Å². The van der Waals surface area contributed by atoms with Crippen LogP contribution < -0.4 is 4.72 Å². The van der Waals surface area contributed by atoms with Gasteiger partial charge in [-0.3, -0.25) is 4.72 Å². The number of hydrogen-bond acceptors (Lipinski definition) is 4. The zero-order valence-corrected chi connectivity index (χ0v) is 13.7. The minimum absolute atomic E-state index is 0.240. The van der Waals surface area contributed by atoms with E-state index in [4.69, 9.17) is 4.42 Å². The normalized spacial score (nSPS) is 11.6. The second-order valence-electron chi connectivity index (χ2n) is 5.18. The summed E-state index contributed by atoms with van der Waals surface area (Å²) in [5, 5.41) is 0. The monoisotopic (exact) mass is 331 g/mol. The molecule has 0 aliphatic carbocycles. The third-order valence-electron chi connectivity index (χ3n) is 3.60. The lowest BCUT2D eigenvalue weighted by Gasteiger charge is -2.11. The molecule has 3 rings (SSSR count). The van der Waals surface area contributed by atoms with Crippen LogP contribution in [0.5, 0.6) is 0 Å². The zero-order chi connectivity index (χ0) is 16.4. The standard InChI is InChI=1S/C16H17N3O3S/c1-3-19-7-6-14(10-19)23(20,21)18-15-8-13(5-4-12(15)2)16-9-17-11-22-16/h4-11,18H,3H2,1-2H3. The van der Waals surface area contributed by atoms with Gasteiger partial charge in [-0.25, -0.2) is 13.4 Å². The molecule has 0 aliphatic rings. The molecule has 6 nitrogen and oxygen atoms in total. The summed E-state index contributed by atoms with van der Waals surface area (Å²) in [5.41, 5.74) is 2.10. The van der Waals surface area contributed by atoms with E-state index >= 15 is 0 Å². The fourth-order valence-electron chi connectivity index (χ4n) is 2.22. The Morgan fingerprint density at radius 1 is 1.30 bits per heavy atom. The van der Waals surface area contributed by atoms with Gasteiger partial charge in [0.1, 0.15) is 4.90 Å². The summed E-state index contributed by atoms with van der Waals surface area (Å²) in [6.45, 7) is 4.52. The Morgan fingerprint density at radius 2 is 2.13 bits per heavy atom. The maximum atomic E-state index is 12.5. The van der Waals surface area contributed by atoms with E-state index in [0.29, 0.717) is 11.4 Å². The molecule has 0 saturated carbocycles. The number of aromatic nitrogens is 2. The van der Waals surface area contributed by atoms with Crippen LogP contribution in [0.25, 0.3) is 11.3 Å². The first-order valence-corrected chi connectivity index (χ1v) is 8.66. The van der Waals surface area contributed by atoms with Crippen LogP contribution in [-0.2, 0) is 16.6 Å². The van der Waals surface area contributed by atoms with Gasteiger partial charge in [-0.2, -0.15) is 0 Å². The highest BCUT2D eigenvalue weighted by Gasteiger charge is 2.17. The third kappa shape index (κ3) is 3.14. The largest absolute Gasteiger partial charge is 0.444 e. The molecule has 120 valence electrons. The quantitative estimate of drug-likeness (QED) is 0.778. The molecular formula is C16H17N3O3S. The summed E-state index contributed by atoms with van der Waals surface area (Å²) in [5.74, 6) is 0.586. The number of nitrogens with zero attached hydrogens (tertiary/aromatic N) is 2. The number of sulfonamides is 1. The molecule has 0 atom stereocenters. The number of nitrogens with one attached hydrogen (secondary N) is 1. The van der Waals surface area contributed by atoms with Gasteiger partial charge in [0.2, 0.25) is 0 Å². The molecule has 0 spiro atoms. The minimum Gasteiger partial charge on any atom is -0.444 e. The molecule has 0 radical (unpaired) electrons. The van der Waals surface area contributed by atoms with E-state index in [2.05, 4.69) is 9.71 Å². The lowest BCUT2D eigenvalue weighted by Crippen LogP contribution is -2.13. The summed E-state index contributed by atoms with van der Waals surface area (Å²) in [6.07, 6.45) is 6.28. The molecule has 1 N–H and O–H groups in total. The average molecular weight is 331 g/mol. The van der Waals surface area contributed by atoms with Crippen molar-refractivity contribution in [2.45, 2.75) is 25.3 Å². The zero-order valence-electron chi connectivity index (χ0n) is 12.9. The van der Waals surface area contributed by atoms with Crippen LogP contribution >= 0.6 is 0 Å². The molecule has 23 heavy (non-hydrogen) atoms. The SMILES string of the molecule is CCn1ccc(S(=O)(=O)Nc2cc(-c3cnco3)ccc2C)c1. The van der Waals surface area contributed by atoms with Gasteiger partial charge in [0.25, 0.3) is 10.0 Å². The second-order valence-corrected chi connectivity index (χ2v) is 6.86. The van der Waals surface area contributed by atoms with Crippen molar-refractivity contribution in [2.75, 3.05) is 4.72 Å². The maximum absolute atomic E-state index is 12.5. The fraction of sp³-hybridized carbons (Fsp3) is 0.188. The topological polar surface area (TPSA) is 77.1 Å². The van der Waals surface area contributed by atoms with Gasteiger partial charge in [-0.15, -0.1) is 0 Å². The number of hydrogen-bond donors (Lipinski definition) is 1. The number of anilines is 1. The molecule has 0 unspecified atom stereocenters. The molecule has 7 heteroatoms. The molecule has 0 saturated heterocycles. The van der Waals surface area contributed by atoms with Gasteiger partial charge in [0.05, 0.1) is 11.9 Å². The van der Waals surface area contributed by atoms with Gasteiger partial charge >= 0.3 is 0 Å². The van der Waals surface area contributed by atoms with Crippen LogP contribution in [-0.4, -0.2) is 18.0 Å². The first-order chi connectivity index (χ1) is 11.0. The lowest BCUT2D eigenvalue weighted by molar-refractivity contribution is 0.572. The molecule has 1 aromatic carbocycles. The highest BCUT2D eigenvalue weighted by molar-refractivity contribution is 7.92. The maximum Gasteiger partial charge on any atom is 0.263 e. The van der Waals surface area contributed by atoms with Crippen LogP contribution in [0.4, 0.5) is 5.69 Å². The molecule has 2 aromatic heterocycles. The van der Waals surface area contributed by atoms with Crippen molar-refractivity contribution in [3.63, 3.8) is 0 Å². The minimum atomic E-state index is -3.63. The Labute approximate surface area is 134 Å². The van der Waals surface area contributed by atoms with E-state index in [9.17, 15) is 8.42 Å².